The minimum atomic E-state index is -4.78. The molecule has 0 radical (unpaired) electrons. The Hall–Kier alpha value is -1.67. The molecule has 2 rings (SSSR count). The summed E-state index contributed by atoms with van der Waals surface area (Å²) in [5.41, 5.74) is 0. The number of hydrogen-bond acceptors (Lipinski definition) is 3. The smallest absolute Gasteiger partial charge is 0.382 e. The molecule has 1 aromatic carbocycles. The van der Waals surface area contributed by atoms with Crippen molar-refractivity contribution in [1.29, 1.82) is 0 Å². The van der Waals surface area contributed by atoms with Gasteiger partial charge in [0, 0.05) is 4.70 Å². The maximum atomic E-state index is 13.0. The van der Waals surface area contributed by atoms with E-state index in [9.17, 15) is 22.4 Å². The Morgan fingerprint density at radius 1 is 1.35 bits per heavy atom. The molecule has 0 aliphatic carbocycles. The number of carbonyl (C=O) groups is 1. The first kappa shape index (κ1) is 14.7. The first-order chi connectivity index (χ1) is 9.27. The second kappa shape index (κ2) is 5.37. The predicted molar refractivity (Wildman–Crippen MR) is 66.2 cm³/mol. The maximum Gasteiger partial charge on any atom is 0.416 e. The van der Waals surface area contributed by atoms with Gasteiger partial charge in [-0.05, 0) is 29.7 Å². The molecule has 2 N–H and O–H groups in total. The number of rotatable bonds is 3. The minimum Gasteiger partial charge on any atom is -0.382 e. The highest BCUT2D eigenvalue weighted by molar-refractivity contribution is 7.20. The summed E-state index contributed by atoms with van der Waals surface area (Å²) >= 11 is 1.03. The van der Waals surface area contributed by atoms with Crippen molar-refractivity contribution in [3.05, 3.63) is 35.0 Å². The summed E-state index contributed by atoms with van der Waals surface area (Å²) in [4.78, 5) is 11.8. The number of hydrogen-bond donors (Lipinski definition) is 2. The maximum absolute atomic E-state index is 13.0. The Labute approximate surface area is 114 Å². The molecule has 0 bridgehead atoms. The van der Waals surface area contributed by atoms with E-state index in [0.29, 0.717) is 10.1 Å². The molecule has 108 valence electrons. The molecule has 0 aliphatic heterocycles. The first-order valence-electron chi connectivity index (χ1n) is 5.49. The summed E-state index contributed by atoms with van der Waals surface area (Å²) < 4.78 is 49.8. The molecule has 0 fully saturated rings. The Morgan fingerprint density at radius 3 is 2.70 bits per heavy atom. The fourth-order valence-corrected chi connectivity index (χ4v) is 2.48. The summed E-state index contributed by atoms with van der Waals surface area (Å²) in [7, 11) is 0. The zero-order chi connectivity index (χ0) is 14.9. The number of aliphatic hydroxyl groups excluding tert-OH is 1. The number of amides is 1. The molecule has 0 saturated heterocycles. The van der Waals surface area contributed by atoms with Crippen molar-refractivity contribution < 1.29 is 27.5 Å². The van der Waals surface area contributed by atoms with Crippen molar-refractivity contribution in [2.45, 2.75) is 12.3 Å². The molecule has 0 spiro atoms. The van der Waals surface area contributed by atoms with E-state index in [-0.39, 0.29) is 4.88 Å². The second-order valence-electron chi connectivity index (χ2n) is 4.06. The highest BCUT2D eigenvalue weighted by atomic mass is 32.1. The number of nitrogens with one attached hydrogen (secondary N) is 1. The van der Waals surface area contributed by atoms with E-state index in [0.717, 1.165) is 11.3 Å². The average molecular weight is 307 g/mol. The molecular formula is C12H9F4NO2S. The predicted octanol–water partition coefficient (Wildman–Crippen LogP) is 2.69. The van der Waals surface area contributed by atoms with Gasteiger partial charge in [-0.2, -0.15) is 13.2 Å². The third kappa shape index (κ3) is 3.26. The summed E-state index contributed by atoms with van der Waals surface area (Å²) in [6, 6.07) is 5.33. The normalized spacial score (nSPS) is 13.4. The number of fused-ring (bicyclic) bond motifs is 1. The van der Waals surface area contributed by atoms with Gasteiger partial charge in [0.05, 0.1) is 11.4 Å². The van der Waals surface area contributed by atoms with Gasteiger partial charge in [0.15, 0.2) is 6.10 Å². The monoisotopic (exact) mass is 307 g/mol. The largest absolute Gasteiger partial charge is 0.416 e. The Kier molecular flexibility index (Phi) is 3.96. The van der Waals surface area contributed by atoms with E-state index in [1.807, 2.05) is 5.32 Å². The summed E-state index contributed by atoms with van der Waals surface area (Å²) in [5.74, 6) is -1.20. The molecule has 1 aromatic heterocycles. The van der Waals surface area contributed by atoms with E-state index in [4.69, 9.17) is 5.11 Å². The standard InChI is InChI=1S/C12H9F4NO2S/c13-7-1-2-8-6(3-7)4-9(20-8)11(19)17-5-10(18)12(14,15)16/h1-4,10,18H,5H2,(H,17,19). The fourth-order valence-electron chi connectivity index (χ4n) is 1.52. The molecule has 1 amide bonds. The van der Waals surface area contributed by atoms with Crippen LogP contribution in [0.4, 0.5) is 17.6 Å². The zero-order valence-corrected chi connectivity index (χ0v) is 10.7. The van der Waals surface area contributed by atoms with E-state index >= 15 is 0 Å². The SMILES string of the molecule is O=C(NCC(O)C(F)(F)F)c1cc2cc(F)ccc2s1. The van der Waals surface area contributed by atoms with Crippen LogP contribution in [0.3, 0.4) is 0 Å². The van der Waals surface area contributed by atoms with Crippen molar-refractivity contribution in [3.8, 4) is 0 Å². The van der Waals surface area contributed by atoms with Crippen molar-refractivity contribution >= 4 is 27.3 Å². The average Bonchev–Trinajstić information content (AvgIpc) is 2.77. The third-order valence-electron chi connectivity index (χ3n) is 2.54. The minimum absolute atomic E-state index is 0.153. The molecule has 3 nitrogen and oxygen atoms in total. The van der Waals surface area contributed by atoms with Crippen LogP contribution >= 0.6 is 11.3 Å². The Balaban J connectivity index is 2.08. The molecule has 1 unspecified atom stereocenters. The van der Waals surface area contributed by atoms with Crippen molar-refractivity contribution in [3.63, 3.8) is 0 Å². The van der Waals surface area contributed by atoms with Gasteiger partial charge < -0.3 is 10.4 Å². The van der Waals surface area contributed by atoms with Gasteiger partial charge in [-0.25, -0.2) is 4.39 Å². The van der Waals surface area contributed by atoms with Gasteiger partial charge >= 0.3 is 6.18 Å². The quantitative estimate of drug-likeness (QED) is 0.857. The molecule has 2 aromatic rings. The summed E-state index contributed by atoms with van der Waals surface area (Å²) in [5, 5.41) is 11.3. The van der Waals surface area contributed by atoms with Crippen LogP contribution in [-0.2, 0) is 0 Å². The number of benzene rings is 1. The zero-order valence-electron chi connectivity index (χ0n) is 9.87. The highest BCUT2D eigenvalue weighted by Crippen LogP contribution is 2.26. The van der Waals surface area contributed by atoms with Gasteiger partial charge in [0.25, 0.3) is 5.91 Å². The van der Waals surface area contributed by atoms with E-state index in [2.05, 4.69) is 0 Å². The van der Waals surface area contributed by atoms with Crippen LogP contribution in [0.1, 0.15) is 9.67 Å². The van der Waals surface area contributed by atoms with Gasteiger partial charge in [-0.1, -0.05) is 0 Å². The Bertz CT molecular complexity index is 638. The Morgan fingerprint density at radius 2 is 2.05 bits per heavy atom. The molecule has 0 aliphatic rings. The third-order valence-corrected chi connectivity index (χ3v) is 3.65. The van der Waals surface area contributed by atoms with E-state index < -0.39 is 30.5 Å². The highest BCUT2D eigenvalue weighted by Gasteiger charge is 2.38. The van der Waals surface area contributed by atoms with Crippen LogP contribution in [0.15, 0.2) is 24.3 Å². The molecule has 8 heteroatoms. The van der Waals surface area contributed by atoms with Gasteiger partial charge in [0.2, 0.25) is 0 Å². The van der Waals surface area contributed by atoms with Crippen molar-refractivity contribution in [1.82, 2.24) is 5.32 Å². The fraction of sp³-hybridized carbons (Fsp3) is 0.250. The van der Waals surface area contributed by atoms with Gasteiger partial charge in [0.1, 0.15) is 5.82 Å². The first-order valence-corrected chi connectivity index (χ1v) is 6.31. The lowest BCUT2D eigenvalue weighted by Gasteiger charge is -2.14. The van der Waals surface area contributed by atoms with Crippen LogP contribution in [0.5, 0.6) is 0 Å². The van der Waals surface area contributed by atoms with Gasteiger partial charge in [-0.15, -0.1) is 11.3 Å². The molecule has 0 saturated carbocycles. The topological polar surface area (TPSA) is 49.3 Å². The van der Waals surface area contributed by atoms with Crippen LogP contribution in [0.2, 0.25) is 0 Å². The number of halogens is 4. The lowest BCUT2D eigenvalue weighted by atomic mass is 10.2. The van der Waals surface area contributed by atoms with Gasteiger partial charge in [-0.3, -0.25) is 4.79 Å². The lowest BCUT2D eigenvalue weighted by Crippen LogP contribution is -2.40. The van der Waals surface area contributed by atoms with Crippen LogP contribution in [0, 0.1) is 5.82 Å². The van der Waals surface area contributed by atoms with E-state index in [1.165, 1.54) is 24.3 Å². The van der Waals surface area contributed by atoms with Crippen molar-refractivity contribution in [2.24, 2.45) is 0 Å². The van der Waals surface area contributed by atoms with Crippen LogP contribution < -0.4 is 5.32 Å². The summed E-state index contributed by atoms with van der Waals surface area (Å²) in [6.45, 7) is -0.926. The molecule has 1 heterocycles. The molecular weight excluding hydrogens is 298 g/mol. The number of aliphatic hydroxyl groups is 1. The van der Waals surface area contributed by atoms with Crippen LogP contribution in [0.25, 0.3) is 10.1 Å². The number of carbonyl (C=O) groups excluding carboxylic acids is 1. The molecule has 1 atom stereocenters. The number of thiophene rings is 1. The van der Waals surface area contributed by atoms with Crippen LogP contribution in [-0.4, -0.2) is 29.8 Å². The lowest BCUT2D eigenvalue weighted by molar-refractivity contribution is -0.201. The summed E-state index contributed by atoms with van der Waals surface area (Å²) in [6.07, 6.45) is -7.39. The van der Waals surface area contributed by atoms with Crippen molar-refractivity contribution in [2.75, 3.05) is 6.54 Å². The van der Waals surface area contributed by atoms with E-state index in [1.54, 1.807) is 0 Å². The number of alkyl halides is 3. The molecule has 20 heavy (non-hydrogen) atoms. The second-order valence-corrected chi connectivity index (χ2v) is 5.14.